The van der Waals surface area contributed by atoms with Crippen molar-refractivity contribution in [3.8, 4) is 0 Å². The van der Waals surface area contributed by atoms with Gasteiger partial charge in [-0.3, -0.25) is 0 Å². The van der Waals surface area contributed by atoms with E-state index in [4.69, 9.17) is 0 Å². The van der Waals surface area contributed by atoms with Crippen LogP contribution in [0.5, 0.6) is 0 Å². The molecule has 2 atom stereocenters. The number of aryl methyl sites for hydroxylation is 2. The minimum atomic E-state index is 0. The Bertz CT molecular complexity index is 826. The van der Waals surface area contributed by atoms with E-state index in [1.165, 1.54) is 43.2 Å². The number of hydrogen-bond donors (Lipinski definition) is 0. The molecule has 1 heteroatoms. The van der Waals surface area contributed by atoms with Crippen molar-refractivity contribution in [2.24, 2.45) is 11.8 Å². The fourth-order valence-corrected chi connectivity index (χ4v) is 3.97. The first-order chi connectivity index (χ1) is 14.1. The van der Waals surface area contributed by atoms with Crippen LogP contribution in [0.25, 0.3) is 0 Å². The average Bonchev–Trinajstić information content (AvgIpc) is 3.48. The summed E-state index contributed by atoms with van der Waals surface area (Å²) >= 11 is 0. The Balaban J connectivity index is 0.000000162. The van der Waals surface area contributed by atoms with E-state index >= 15 is 0 Å². The van der Waals surface area contributed by atoms with Crippen molar-refractivity contribution in [2.45, 2.75) is 59.3 Å². The smallest absolute Gasteiger partial charge is 0.325 e. The summed E-state index contributed by atoms with van der Waals surface area (Å²) in [7, 11) is 0. The topological polar surface area (TPSA) is 0 Å². The maximum Gasteiger partial charge on any atom is 1.00 e. The predicted molar refractivity (Wildman–Crippen MR) is 127 cm³/mol. The maximum absolute atomic E-state index is 3.82. The third-order valence-corrected chi connectivity index (χ3v) is 5.84. The van der Waals surface area contributed by atoms with Crippen LogP contribution in [0.3, 0.4) is 0 Å². The number of allylic oxidation sites excluding steroid dienone is 10. The molecule has 0 aliphatic heterocycles. The molecule has 0 bridgehead atoms. The summed E-state index contributed by atoms with van der Waals surface area (Å²) in [5.41, 5.74) is 8.72. The van der Waals surface area contributed by atoms with Crippen molar-refractivity contribution in [3.05, 3.63) is 107 Å². The molecule has 0 spiro atoms. The molecule has 0 saturated heterocycles. The zero-order chi connectivity index (χ0) is 20.6. The molecule has 154 valence electrons. The van der Waals surface area contributed by atoms with E-state index in [1.807, 2.05) is 0 Å². The molecule has 0 amide bonds. The average molecular weight is 424 g/mol. The van der Waals surface area contributed by atoms with E-state index in [9.17, 15) is 0 Å². The quantitative estimate of drug-likeness (QED) is 0.459. The van der Waals surface area contributed by atoms with Crippen LogP contribution in [0.15, 0.2) is 83.0 Å². The molecule has 0 heterocycles. The molecular weight excluding hydrogens is 387 g/mol. The summed E-state index contributed by atoms with van der Waals surface area (Å²) in [5, 5.41) is 0. The first-order valence-electron chi connectivity index (χ1n) is 11.3. The van der Waals surface area contributed by atoms with Crippen LogP contribution in [0.2, 0.25) is 0 Å². The van der Waals surface area contributed by atoms with Crippen LogP contribution in [0, 0.1) is 32.1 Å². The standard InChI is InChI=1S/C12H13.C9H12.C8H11.K/c1-2-4-11-9(3-1)7-8-12(11)10-5-6-10;1-3-9-6-4-8(2)5-7-9;1-7-4-3-5-8(2)6-7;/h3-5,8,10H,1-2,6-7H2;4-7H,3H2,1-2H3;3-4,6,8H,1,5H2,2H3;/q-1;;-1;+1. The van der Waals surface area contributed by atoms with Crippen molar-refractivity contribution >= 4 is 0 Å². The van der Waals surface area contributed by atoms with Crippen molar-refractivity contribution < 1.29 is 51.4 Å². The second-order valence-corrected chi connectivity index (χ2v) is 8.56. The molecule has 1 saturated carbocycles. The monoisotopic (exact) mass is 423 g/mol. The molecule has 0 nitrogen and oxygen atoms in total. The number of benzene rings is 1. The molecule has 4 aliphatic rings. The van der Waals surface area contributed by atoms with Crippen LogP contribution >= 0.6 is 0 Å². The first-order valence-corrected chi connectivity index (χ1v) is 11.3. The molecule has 0 aromatic heterocycles. The largest absolute Gasteiger partial charge is 1.00 e. The van der Waals surface area contributed by atoms with Crippen LogP contribution in [-0.2, 0) is 6.42 Å². The van der Waals surface area contributed by atoms with Crippen LogP contribution in [0.1, 0.15) is 57.1 Å². The predicted octanol–water partition coefficient (Wildman–Crippen LogP) is 5.09. The van der Waals surface area contributed by atoms with Gasteiger partial charge in [-0.1, -0.05) is 79.8 Å². The summed E-state index contributed by atoms with van der Waals surface area (Å²) in [6.07, 6.45) is 23.5. The Labute approximate surface area is 227 Å². The maximum atomic E-state index is 3.82. The van der Waals surface area contributed by atoms with Crippen molar-refractivity contribution in [1.82, 2.24) is 0 Å². The van der Waals surface area contributed by atoms with Gasteiger partial charge in [0.15, 0.2) is 0 Å². The number of hydrogen-bond acceptors (Lipinski definition) is 0. The third kappa shape index (κ3) is 8.17. The molecule has 2 unspecified atom stereocenters. The van der Waals surface area contributed by atoms with Crippen molar-refractivity contribution in [1.29, 1.82) is 0 Å². The Morgan fingerprint density at radius 1 is 1.07 bits per heavy atom. The van der Waals surface area contributed by atoms with E-state index in [2.05, 4.69) is 94.8 Å². The number of fused-ring (bicyclic) bond motifs is 1. The van der Waals surface area contributed by atoms with E-state index in [-0.39, 0.29) is 51.4 Å². The van der Waals surface area contributed by atoms with Crippen LogP contribution in [0.4, 0.5) is 0 Å². The molecule has 30 heavy (non-hydrogen) atoms. The van der Waals surface area contributed by atoms with E-state index in [0.29, 0.717) is 5.92 Å². The van der Waals surface area contributed by atoms with Gasteiger partial charge in [-0.05, 0) is 49.3 Å². The van der Waals surface area contributed by atoms with E-state index in [0.717, 1.165) is 17.9 Å². The second-order valence-electron chi connectivity index (χ2n) is 8.56. The van der Waals surface area contributed by atoms with Gasteiger partial charge in [0, 0.05) is 0 Å². The third-order valence-electron chi connectivity index (χ3n) is 5.84. The van der Waals surface area contributed by atoms with Gasteiger partial charge in [-0.15, -0.1) is 6.08 Å². The Morgan fingerprint density at radius 2 is 1.77 bits per heavy atom. The summed E-state index contributed by atoms with van der Waals surface area (Å²) in [6, 6.07) is 8.66. The normalized spacial score (nSPS) is 23.0. The van der Waals surface area contributed by atoms with Crippen molar-refractivity contribution in [3.63, 3.8) is 0 Å². The Hall–Kier alpha value is -0.574. The molecule has 0 N–H and O–H groups in total. The molecule has 5 rings (SSSR count). The number of rotatable bonds is 2. The molecule has 1 aromatic rings. The minimum Gasteiger partial charge on any atom is -0.325 e. The van der Waals surface area contributed by atoms with Gasteiger partial charge in [0.05, 0.1) is 0 Å². The fourth-order valence-electron chi connectivity index (χ4n) is 3.97. The van der Waals surface area contributed by atoms with E-state index < -0.39 is 0 Å². The Kier molecular flexibility index (Phi) is 11.2. The van der Waals surface area contributed by atoms with Crippen LogP contribution in [-0.4, -0.2) is 0 Å². The molecule has 0 radical (unpaired) electrons. The summed E-state index contributed by atoms with van der Waals surface area (Å²) in [5.74, 6) is 1.52. The van der Waals surface area contributed by atoms with Crippen LogP contribution < -0.4 is 51.4 Å². The van der Waals surface area contributed by atoms with Gasteiger partial charge in [-0.25, -0.2) is 0 Å². The zero-order valence-corrected chi connectivity index (χ0v) is 22.6. The van der Waals surface area contributed by atoms with Gasteiger partial charge in [0.25, 0.3) is 0 Å². The Morgan fingerprint density at radius 3 is 2.33 bits per heavy atom. The SMILES string of the molecule is C1=C2CC=C(C3[CH-]C3)C2=CCC1.CCc1ccc(C)cc1.[CH2-]C1=CC(C)CC=C1.[K+]. The zero-order valence-electron chi connectivity index (χ0n) is 19.5. The summed E-state index contributed by atoms with van der Waals surface area (Å²) in [4.78, 5) is 0. The first kappa shape index (κ1) is 25.7. The fraction of sp³-hybridized carbons (Fsp3) is 0.379. The van der Waals surface area contributed by atoms with Crippen molar-refractivity contribution in [2.75, 3.05) is 0 Å². The second kappa shape index (κ2) is 13.1. The van der Waals surface area contributed by atoms with Gasteiger partial charge in [0.1, 0.15) is 0 Å². The summed E-state index contributed by atoms with van der Waals surface area (Å²) < 4.78 is 0. The van der Waals surface area contributed by atoms with E-state index in [1.54, 1.807) is 16.7 Å². The minimum absolute atomic E-state index is 0. The van der Waals surface area contributed by atoms with Gasteiger partial charge in [0.2, 0.25) is 0 Å². The van der Waals surface area contributed by atoms with Gasteiger partial charge >= 0.3 is 51.4 Å². The molecule has 1 aromatic carbocycles. The molecule has 4 aliphatic carbocycles. The molecule has 1 fully saturated rings. The summed E-state index contributed by atoms with van der Waals surface area (Å²) in [6.45, 7) is 10.3. The van der Waals surface area contributed by atoms with Gasteiger partial charge < -0.3 is 6.42 Å². The molecular formula is C29H36K-. The van der Waals surface area contributed by atoms with Gasteiger partial charge in [-0.2, -0.15) is 37.0 Å².